The van der Waals surface area contributed by atoms with E-state index in [4.69, 9.17) is 5.11 Å². The summed E-state index contributed by atoms with van der Waals surface area (Å²) in [5.41, 5.74) is 0.730. The molecule has 1 aliphatic rings. The Morgan fingerprint density at radius 3 is 2.63 bits per heavy atom. The number of para-hydroxylation sites is 1. The Morgan fingerprint density at radius 1 is 1.32 bits per heavy atom. The third-order valence-electron chi connectivity index (χ3n) is 3.05. The predicted octanol–water partition coefficient (Wildman–Crippen LogP) is 1.60. The van der Waals surface area contributed by atoms with Gasteiger partial charge in [0.25, 0.3) is 0 Å². The first-order valence-electron chi connectivity index (χ1n) is 5.98. The second kappa shape index (κ2) is 7.11. The Balaban J connectivity index is 0.00000180. The van der Waals surface area contributed by atoms with Gasteiger partial charge in [-0.15, -0.1) is 12.4 Å². The van der Waals surface area contributed by atoms with E-state index in [1.54, 1.807) is 17.0 Å². The van der Waals surface area contributed by atoms with Crippen LogP contribution in [0.3, 0.4) is 0 Å². The van der Waals surface area contributed by atoms with Crippen molar-refractivity contribution in [2.75, 3.05) is 18.4 Å². The highest BCUT2D eigenvalue weighted by molar-refractivity contribution is 5.92. The maximum Gasteiger partial charge on any atom is 0.320 e. The normalized spacial score (nSPS) is 18.6. The Morgan fingerprint density at radius 2 is 2.00 bits per heavy atom. The fraction of sp³-hybridized carbons (Fsp3) is 0.385. The molecule has 19 heavy (non-hydrogen) atoms. The van der Waals surface area contributed by atoms with Crippen LogP contribution in [0, 0.1) is 0 Å². The number of anilines is 1. The number of carboxylic acids is 1. The molecule has 1 saturated heterocycles. The van der Waals surface area contributed by atoms with E-state index >= 15 is 0 Å². The molecule has 1 atom stereocenters. The van der Waals surface area contributed by atoms with E-state index in [9.17, 15) is 9.59 Å². The molecule has 1 aliphatic heterocycles. The number of carbonyl (C=O) groups is 2. The number of nitrogens with one attached hydrogen (secondary N) is 1. The summed E-state index contributed by atoms with van der Waals surface area (Å²) in [6.45, 7) is 0.797. The third-order valence-corrected chi connectivity index (χ3v) is 3.05. The van der Waals surface area contributed by atoms with Crippen molar-refractivity contribution in [3.63, 3.8) is 0 Å². The molecule has 0 radical (unpaired) electrons. The molecule has 2 rings (SSSR count). The van der Waals surface area contributed by atoms with Gasteiger partial charge in [0, 0.05) is 5.69 Å². The second-order valence-electron chi connectivity index (χ2n) is 4.38. The van der Waals surface area contributed by atoms with Crippen molar-refractivity contribution in [2.45, 2.75) is 18.9 Å². The van der Waals surface area contributed by atoms with E-state index in [0.29, 0.717) is 13.0 Å². The summed E-state index contributed by atoms with van der Waals surface area (Å²) in [6.07, 6.45) is 1.45. The van der Waals surface area contributed by atoms with Crippen molar-refractivity contribution in [3.8, 4) is 0 Å². The van der Waals surface area contributed by atoms with Crippen molar-refractivity contribution in [1.82, 2.24) is 4.90 Å². The van der Waals surface area contributed by atoms with Crippen LogP contribution in [0.15, 0.2) is 30.3 Å². The number of rotatable bonds is 4. The number of likely N-dealkylation sites (tertiary alicyclic amines) is 1. The van der Waals surface area contributed by atoms with Crippen molar-refractivity contribution in [1.29, 1.82) is 0 Å². The first-order chi connectivity index (χ1) is 8.66. The minimum absolute atomic E-state index is 0. The van der Waals surface area contributed by atoms with Gasteiger partial charge in [0.15, 0.2) is 0 Å². The Bertz CT molecular complexity index is 439. The van der Waals surface area contributed by atoms with Gasteiger partial charge in [0.05, 0.1) is 6.54 Å². The van der Waals surface area contributed by atoms with Crippen LogP contribution >= 0.6 is 12.4 Å². The van der Waals surface area contributed by atoms with E-state index in [1.807, 2.05) is 18.2 Å². The van der Waals surface area contributed by atoms with Gasteiger partial charge in [0.1, 0.15) is 6.04 Å². The van der Waals surface area contributed by atoms with Crippen molar-refractivity contribution in [3.05, 3.63) is 30.3 Å². The molecule has 1 heterocycles. The van der Waals surface area contributed by atoms with Crippen LogP contribution in [0.5, 0.6) is 0 Å². The second-order valence-corrected chi connectivity index (χ2v) is 4.38. The van der Waals surface area contributed by atoms with E-state index < -0.39 is 12.0 Å². The molecule has 0 aromatic heterocycles. The zero-order valence-electron chi connectivity index (χ0n) is 10.4. The van der Waals surface area contributed by atoms with Gasteiger partial charge in [-0.05, 0) is 31.5 Å². The van der Waals surface area contributed by atoms with Crippen molar-refractivity contribution >= 4 is 30.0 Å². The van der Waals surface area contributed by atoms with E-state index in [-0.39, 0.29) is 24.9 Å². The van der Waals surface area contributed by atoms with Crippen LogP contribution < -0.4 is 5.32 Å². The minimum atomic E-state index is -0.847. The van der Waals surface area contributed by atoms with Gasteiger partial charge in [-0.3, -0.25) is 14.5 Å². The van der Waals surface area contributed by atoms with Crippen LogP contribution in [-0.4, -0.2) is 41.0 Å². The molecule has 0 aliphatic carbocycles. The molecule has 104 valence electrons. The molecule has 0 spiro atoms. The quantitative estimate of drug-likeness (QED) is 0.881. The molecule has 2 N–H and O–H groups in total. The van der Waals surface area contributed by atoms with Crippen LogP contribution in [0.2, 0.25) is 0 Å². The first-order valence-corrected chi connectivity index (χ1v) is 5.98. The molecular formula is C13H17ClN2O3. The summed E-state index contributed by atoms with van der Waals surface area (Å²) in [4.78, 5) is 24.5. The fourth-order valence-corrected chi connectivity index (χ4v) is 2.20. The number of amides is 1. The van der Waals surface area contributed by atoms with Crippen LogP contribution in [0.25, 0.3) is 0 Å². The van der Waals surface area contributed by atoms with E-state index in [1.165, 1.54) is 0 Å². The van der Waals surface area contributed by atoms with Gasteiger partial charge in [-0.25, -0.2) is 0 Å². The molecule has 0 saturated carbocycles. The fourth-order valence-electron chi connectivity index (χ4n) is 2.20. The average Bonchev–Trinajstić information content (AvgIpc) is 2.78. The van der Waals surface area contributed by atoms with Gasteiger partial charge < -0.3 is 10.4 Å². The van der Waals surface area contributed by atoms with E-state index in [0.717, 1.165) is 12.1 Å². The standard InChI is InChI=1S/C13H16N2O3.ClH/c16-12(14-10-5-2-1-3-6-10)9-15-8-4-7-11(15)13(17)18;/h1-3,5-6,11H,4,7-9H2,(H,14,16)(H,17,18);1H/t11-;/m0./s1. The van der Waals surface area contributed by atoms with Gasteiger partial charge in [-0.2, -0.15) is 0 Å². The molecular weight excluding hydrogens is 268 g/mol. The molecule has 0 bridgehead atoms. The minimum Gasteiger partial charge on any atom is -0.480 e. The van der Waals surface area contributed by atoms with Crippen LogP contribution in [-0.2, 0) is 9.59 Å². The van der Waals surface area contributed by atoms with Crippen LogP contribution in [0.4, 0.5) is 5.69 Å². The number of halogens is 1. The zero-order valence-corrected chi connectivity index (χ0v) is 11.2. The topological polar surface area (TPSA) is 69.6 Å². The average molecular weight is 285 g/mol. The lowest BCUT2D eigenvalue weighted by Gasteiger charge is -2.20. The molecule has 0 unspecified atom stereocenters. The Hall–Kier alpha value is -1.59. The lowest BCUT2D eigenvalue weighted by atomic mass is 10.2. The molecule has 1 aromatic rings. The summed E-state index contributed by atoms with van der Waals surface area (Å²) >= 11 is 0. The number of hydrogen-bond acceptors (Lipinski definition) is 3. The molecule has 1 aromatic carbocycles. The number of nitrogens with zero attached hydrogens (tertiary/aromatic N) is 1. The van der Waals surface area contributed by atoms with Crippen molar-refractivity contribution in [2.24, 2.45) is 0 Å². The highest BCUT2D eigenvalue weighted by atomic mass is 35.5. The number of aliphatic carboxylic acids is 1. The molecule has 6 heteroatoms. The lowest BCUT2D eigenvalue weighted by molar-refractivity contribution is -0.142. The zero-order chi connectivity index (χ0) is 13.0. The van der Waals surface area contributed by atoms with Gasteiger partial charge in [0.2, 0.25) is 5.91 Å². The SMILES string of the molecule is Cl.O=C(CN1CCC[C@H]1C(=O)O)Nc1ccccc1. The maximum absolute atomic E-state index is 11.8. The largest absolute Gasteiger partial charge is 0.480 e. The highest BCUT2D eigenvalue weighted by Gasteiger charge is 2.31. The van der Waals surface area contributed by atoms with E-state index in [2.05, 4.69) is 5.32 Å². The smallest absolute Gasteiger partial charge is 0.320 e. The predicted molar refractivity (Wildman–Crippen MR) is 74.6 cm³/mol. The maximum atomic E-state index is 11.8. The van der Waals surface area contributed by atoms with Gasteiger partial charge >= 0.3 is 5.97 Å². The molecule has 1 fully saturated rings. The summed E-state index contributed by atoms with van der Waals surface area (Å²) in [5.74, 6) is -1.02. The molecule has 1 amide bonds. The van der Waals surface area contributed by atoms with Crippen LogP contribution in [0.1, 0.15) is 12.8 Å². The Kier molecular flexibility index (Phi) is 5.79. The highest BCUT2D eigenvalue weighted by Crippen LogP contribution is 2.17. The lowest BCUT2D eigenvalue weighted by Crippen LogP contribution is -2.40. The number of carboxylic acid groups (broad SMARTS) is 1. The Labute approximate surface area is 118 Å². The number of benzene rings is 1. The summed E-state index contributed by atoms with van der Waals surface area (Å²) in [5, 5.41) is 11.8. The number of hydrogen-bond donors (Lipinski definition) is 2. The third kappa shape index (κ3) is 4.22. The summed E-state index contributed by atoms with van der Waals surface area (Å²) in [7, 11) is 0. The summed E-state index contributed by atoms with van der Waals surface area (Å²) in [6, 6.07) is 8.63. The molecule has 5 nitrogen and oxygen atoms in total. The van der Waals surface area contributed by atoms with Gasteiger partial charge in [-0.1, -0.05) is 18.2 Å². The monoisotopic (exact) mass is 284 g/mol. The first kappa shape index (κ1) is 15.5. The number of carbonyl (C=O) groups excluding carboxylic acids is 1. The summed E-state index contributed by atoms with van der Waals surface area (Å²) < 4.78 is 0. The van der Waals surface area contributed by atoms with Crippen molar-refractivity contribution < 1.29 is 14.7 Å².